The summed E-state index contributed by atoms with van der Waals surface area (Å²) >= 11 is 0. The standard InChI is InChI=1S/C31H44N8O2/c1-4-25-31(34-21-6-7-23(40)18-21)36-28-24(19-33-30(32)29(28)35-25)20-5-8-26(27(17-20)41-3)39-11-9-22(10-12-39)38-15-13-37(2)14-16-38/h5,8,17,19,21-23,40H,4,6-7,9-16,18H2,1-3H3,(H2,32,33)(H,34,36). The second kappa shape index (κ2) is 12.0. The fraction of sp³-hybridized carbons (Fsp3) is 0.581. The molecule has 0 spiro atoms. The fourth-order valence-corrected chi connectivity index (χ4v) is 6.71. The van der Waals surface area contributed by atoms with Crippen molar-refractivity contribution in [1.29, 1.82) is 0 Å². The van der Waals surface area contributed by atoms with Crippen molar-refractivity contribution in [3.63, 3.8) is 0 Å². The number of likely N-dealkylation sites (N-methyl/N-ethyl adjacent to an activating group) is 1. The molecule has 2 atom stereocenters. The van der Waals surface area contributed by atoms with E-state index in [2.05, 4.69) is 57.2 Å². The van der Waals surface area contributed by atoms with Gasteiger partial charge < -0.3 is 30.7 Å². The first-order chi connectivity index (χ1) is 19.9. The van der Waals surface area contributed by atoms with Crippen molar-refractivity contribution >= 4 is 28.4 Å². The number of nitrogens with two attached hydrogens (primary N) is 1. The van der Waals surface area contributed by atoms with Gasteiger partial charge in [-0.25, -0.2) is 15.0 Å². The summed E-state index contributed by atoms with van der Waals surface area (Å²) in [5.74, 6) is 1.99. The van der Waals surface area contributed by atoms with Gasteiger partial charge in [-0.05, 0) is 63.3 Å². The highest BCUT2D eigenvalue weighted by molar-refractivity contribution is 5.97. The molecule has 3 aromatic rings. The molecule has 4 N–H and O–H groups in total. The van der Waals surface area contributed by atoms with Crippen LogP contribution in [0.3, 0.4) is 0 Å². The first-order valence-electron chi connectivity index (χ1n) is 15.2. The summed E-state index contributed by atoms with van der Waals surface area (Å²) < 4.78 is 5.94. The van der Waals surface area contributed by atoms with Gasteiger partial charge in [-0.15, -0.1) is 0 Å². The highest BCUT2D eigenvalue weighted by Crippen LogP contribution is 2.38. The number of pyridine rings is 1. The number of aryl methyl sites for hydroxylation is 1. The van der Waals surface area contributed by atoms with Crippen LogP contribution in [0.4, 0.5) is 17.3 Å². The van der Waals surface area contributed by atoms with Gasteiger partial charge >= 0.3 is 0 Å². The SMILES string of the molecule is CCc1nc2c(N)ncc(-c3ccc(N4CCC(N5CCN(C)CC5)CC4)c(OC)c3)c2nc1NC1CCC(O)C1. The van der Waals surface area contributed by atoms with E-state index in [1.54, 1.807) is 13.3 Å². The maximum absolute atomic E-state index is 10.0. The van der Waals surface area contributed by atoms with Crippen molar-refractivity contribution in [2.24, 2.45) is 0 Å². The number of aliphatic hydroxyl groups is 1. The molecule has 41 heavy (non-hydrogen) atoms. The van der Waals surface area contributed by atoms with Crippen molar-refractivity contribution in [3.8, 4) is 16.9 Å². The van der Waals surface area contributed by atoms with Crippen LogP contribution in [0.1, 0.15) is 44.7 Å². The molecule has 3 aliphatic rings. The Kier molecular flexibility index (Phi) is 8.14. The van der Waals surface area contributed by atoms with Crippen LogP contribution < -0.4 is 20.7 Å². The number of nitrogens with zero attached hydrogens (tertiary/aromatic N) is 6. The number of ether oxygens (including phenoxy) is 1. The number of hydrogen-bond donors (Lipinski definition) is 3. The predicted molar refractivity (Wildman–Crippen MR) is 165 cm³/mol. The molecule has 1 aromatic carbocycles. The summed E-state index contributed by atoms with van der Waals surface area (Å²) in [6.07, 6.45) is 7.04. The third kappa shape index (κ3) is 5.78. The molecule has 10 heteroatoms. The normalized spacial score (nSPS) is 22.9. The van der Waals surface area contributed by atoms with Gasteiger partial charge in [0, 0.05) is 63.1 Å². The van der Waals surface area contributed by atoms with Gasteiger partial charge in [0.1, 0.15) is 22.6 Å². The van der Waals surface area contributed by atoms with Crippen LogP contribution in [0.15, 0.2) is 24.4 Å². The van der Waals surface area contributed by atoms with Gasteiger partial charge in [0.25, 0.3) is 0 Å². The number of fused-ring (bicyclic) bond motifs is 1. The van der Waals surface area contributed by atoms with E-state index in [-0.39, 0.29) is 12.1 Å². The van der Waals surface area contributed by atoms with Gasteiger partial charge in [-0.3, -0.25) is 4.90 Å². The number of nitrogen functional groups attached to an aromatic ring is 1. The van der Waals surface area contributed by atoms with E-state index in [0.29, 0.717) is 17.4 Å². The Morgan fingerprint density at radius 2 is 1.80 bits per heavy atom. The Morgan fingerprint density at radius 1 is 1.02 bits per heavy atom. The summed E-state index contributed by atoms with van der Waals surface area (Å²) in [7, 11) is 3.96. The number of hydrogen-bond acceptors (Lipinski definition) is 10. The molecule has 3 fully saturated rings. The maximum atomic E-state index is 10.0. The van der Waals surface area contributed by atoms with Gasteiger partial charge in [-0.1, -0.05) is 13.0 Å². The summed E-state index contributed by atoms with van der Waals surface area (Å²) in [6.45, 7) is 8.78. The quantitative estimate of drug-likeness (QED) is 0.397. The molecule has 0 radical (unpaired) electrons. The van der Waals surface area contributed by atoms with Crippen molar-refractivity contribution in [3.05, 3.63) is 30.1 Å². The molecule has 6 rings (SSSR count). The average Bonchev–Trinajstić information content (AvgIpc) is 3.41. The van der Waals surface area contributed by atoms with Crippen LogP contribution in [0.25, 0.3) is 22.2 Å². The third-order valence-electron chi connectivity index (χ3n) is 9.23. The molecule has 0 amide bonds. The largest absolute Gasteiger partial charge is 0.495 e. The van der Waals surface area contributed by atoms with E-state index in [1.165, 1.54) is 25.9 Å². The van der Waals surface area contributed by atoms with Crippen LogP contribution >= 0.6 is 0 Å². The molecule has 10 nitrogen and oxygen atoms in total. The fourth-order valence-electron chi connectivity index (χ4n) is 6.71. The number of aromatic nitrogens is 3. The number of benzene rings is 1. The van der Waals surface area contributed by atoms with Crippen molar-refractivity contribution in [2.75, 3.05) is 69.4 Å². The van der Waals surface area contributed by atoms with Gasteiger partial charge in [0.05, 0.1) is 24.6 Å². The second-order valence-electron chi connectivity index (χ2n) is 11.9. The lowest BCUT2D eigenvalue weighted by Gasteiger charge is -2.42. The zero-order chi connectivity index (χ0) is 28.5. The number of nitrogens with one attached hydrogen (secondary N) is 1. The molecule has 2 aromatic heterocycles. The Balaban J connectivity index is 1.26. The number of aliphatic hydroxyl groups excluding tert-OH is 1. The van der Waals surface area contributed by atoms with Gasteiger partial charge in [0.15, 0.2) is 5.82 Å². The number of piperazine rings is 1. The molecule has 1 aliphatic carbocycles. The Hall–Kier alpha value is -3.21. The number of piperidine rings is 1. The smallest absolute Gasteiger partial charge is 0.151 e. The third-order valence-corrected chi connectivity index (χ3v) is 9.23. The molecule has 220 valence electrons. The monoisotopic (exact) mass is 560 g/mol. The summed E-state index contributed by atoms with van der Waals surface area (Å²) in [6, 6.07) is 7.24. The van der Waals surface area contributed by atoms with E-state index in [9.17, 15) is 5.11 Å². The summed E-state index contributed by atoms with van der Waals surface area (Å²) in [4.78, 5) is 22.0. The van der Waals surface area contributed by atoms with E-state index in [0.717, 1.165) is 91.5 Å². The minimum absolute atomic E-state index is 0.185. The molecular formula is C31H44N8O2. The van der Waals surface area contributed by atoms with E-state index >= 15 is 0 Å². The van der Waals surface area contributed by atoms with Gasteiger partial charge in [0.2, 0.25) is 0 Å². The number of rotatable bonds is 7. The molecule has 0 bridgehead atoms. The first kappa shape index (κ1) is 27.9. The highest BCUT2D eigenvalue weighted by atomic mass is 16.5. The van der Waals surface area contributed by atoms with Crippen LogP contribution in [-0.2, 0) is 6.42 Å². The van der Waals surface area contributed by atoms with E-state index in [4.69, 9.17) is 20.4 Å². The maximum Gasteiger partial charge on any atom is 0.151 e. The minimum atomic E-state index is -0.259. The molecule has 2 saturated heterocycles. The number of anilines is 3. The molecular weight excluding hydrogens is 516 g/mol. The van der Waals surface area contributed by atoms with Crippen molar-refractivity contribution < 1.29 is 9.84 Å². The topological polar surface area (TPSA) is 116 Å². The average molecular weight is 561 g/mol. The van der Waals surface area contributed by atoms with Crippen molar-refractivity contribution in [1.82, 2.24) is 24.8 Å². The van der Waals surface area contributed by atoms with Gasteiger partial charge in [-0.2, -0.15) is 0 Å². The minimum Gasteiger partial charge on any atom is -0.495 e. The Labute approximate surface area is 242 Å². The summed E-state index contributed by atoms with van der Waals surface area (Å²) in [5.41, 5.74) is 11.5. The summed E-state index contributed by atoms with van der Waals surface area (Å²) in [5, 5.41) is 13.6. The second-order valence-corrected chi connectivity index (χ2v) is 11.9. The van der Waals surface area contributed by atoms with Crippen molar-refractivity contribution in [2.45, 2.75) is 63.6 Å². The molecule has 2 unspecified atom stereocenters. The molecule has 2 aliphatic heterocycles. The van der Waals surface area contributed by atoms with E-state index < -0.39 is 0 Å². The lowest BCUT2D eigenvalue weighted by atomic mass is 10.00. The Morgan fingerprint density at radius 3 is 2.49 bits per heavy atom. The number of methoxy groups -OCH3 is 1. The predicted octanol–water partition coefficient (Wildman–Crippen LogP) is 3.39. The first-order valence-corrected chi connectivity index (χ1v) is 15.2. The lowest BCUT2D eigenvalue weighted by molar-refractivity contribution is 0.0981. The van der Waals surface area contributed by atoms with Crippen LogP contribution in [0, 0.1) is 0 Å². The molecule has 4 heterocycles. The van der Waals surface area contributed by atoms with Crippen LogP contribution in [-0.4, -0.2) is 101 Å². The van der Waals surface area contributed by atoms with E-state index in [1.807, 2.05) is 0 Å². The van der Waals surface area contributed by atoms with Crippen LogP contribution in [0.2, 0.25) is 0 Å². The lowest BCUT2D eigenvalue weighted by Crippen LogP contribution is -2.52. The van der Waals surface area contributed by atoms with Crippen LogP contribution in [0.5, 0.6) is 5.75 Å². The highest BCUT2D eigenvalue weighted by Gasteiger charge is 2.28. The zero-order valence-electron chi connectivity index (χ0n) is 24.6. The zero-order valence-corrected chi connectivity index (χ0v) is 24.6. The Bertz CT molecular complexity index is 1370. The molecule has 1 saturated carbocycles.